The van der Waals surface area contributed by atoms with Crippen LogP contribution in [0.15, 0.2) is 18.3 Å². The van der Waals surface area contributed by atoms with Crippen LogP contribution >= 0.6 is 0 Å². The SMILES string of the molecule is O=C(O)CN(CC(=O)O)c1ccc(OC2CCCCC2)cn1. The molecule has 1 saturated carbocycles. The van der Waals surface area contributed by atoms with Gasteiger partial charge in [-0.25, -0.2) is 4.98 Å². The number of anilines is 1. The van der Waals surface area contributed by atoms with E-state index in [2.05, 4.69) is 4.98 Å². The van der Waals surface area contributed by atoms with E-state index in [1.165, 1.54) is 30.4 Å². The normalized spacial score (nSPS) is 15.3. The molecule has 120 valence electrons. The van der Waals surface area contributed by atoms with E-state index in [-0.39, 0.29) is 6.10 Å². The minimum absolute atomic E-state index is 0.204. The fraction of sp³-hybridized carbons (Fsp3) is 0.533. The van der Waals surface area contributed by atoms with Gasteiger partial charge in [-0.3, -0.25) is 9.59 Å². The Hall–Kier alpha value is -2.31. The van der Waals surface area contributed by atoms with Gasteiger partial charge >= 0.3 is 11.9 Å². The largest absolute Gasteiger partial charge is 0.489 e. The Morgan fingerprint density at radius 1 is 1.14 bits per heavy atom. The number of carboxylic acid groups (broad SMARTS) is 2. The first-order chi connectivity index (χ1) is 10.5. The highest BCUT2D eigenvalue weighted by molar-refractivity contribution is 5.78. The van der Waals surface area contributed by atoms with E-state index in [4.69, 9.17) is 14.9 Å². The van der Waals surface area contributed by atoms with E-state index in [1.807, 2.05) is 0 Å². The first-order valence-corrected chi connectivity index (χ1v) is 7.36. The Bertz CT molecular complexity index is 495. The van der Waals surface area contributed by atoms with Crippen molar-refractivity contribution in [3.8, 4) is 5.75 Å². The maximum Gasteiger partial charge on any atom is 0.323 e. The van der Waals surface area contributed by atoms with E-state index >= 15 is 0 Å². The second kappa shape index (κ2) is 7.63. The quantitative estimate of drug-likeness (QED) is 0.791. The molecule has 1 aliphatic carbocycles. The van der Waals surface area contributed by atoms with Gasteiger partial charge < -0.3 is 19.8 Å². The monoisotopic (exact) mass is 308 g/mol. The maximum atomic E-state index is 10.8. The number of hydrogen-bond acceptors (Lipinski definition) is 5. The summed E-state index contributed by atoms with van der Waals surface area (Å²) in [5, 5.41) is 17.7. The maximum absolute atomic E-state index is 10.8. The lowest BCUT2D eigenvalue weighted by Gasteiger charge is -2.23. The molecule has 7 heteroatoms. The molecule has 0 bridgehead atoms. The van der Waals surface area contributed by atoms with Gasteiger partial charge in [0.2, 0.25) is 0 Å². The number of rotatable bonds is 7. The van der Waals surface area contributed by atoms with Crippen LogP contribution in [0, 0.1) is 0 Å². The van der Waals surface area contributed by atoms with Crippen LogP contribution in [-0.4, -0.2) is 46.3 Å². The van der Waals surface area contributed by atoms with Crippen LogP contribution in [0.2, 0.25) is 0 Å². The zero-order valence-corrected chi connectivity index (χ0v) is 12.3. The van der Waals surface area contributed by atoms with Crippen molar-refractivity contribution < 1.29 is 24.5 Å². The average Bonchev–Trinajstić information content (AvgIpc) is 2.47. The van der Waals surface area contributed by atoms with E-state index in [0.29, 0.717) is 11.6 Å². The minimum Gasteiger partial charge on any atom is -0.489 e. The Kier molecular flexibility index (Phi) is 5.57. The van der Waals surface area contributed by atoms with Crippen LogP contribution in [0.3, 0.4) is 0 Å². The number of carbonyl (C=O) groups is 2. The first kappa shape index (κ1) is 16.1. The van der Waals surface area contributed by atoms with Crippen molar-refractivity contribution >= 4 is 17.8 Å². The number of hydrogen-bond donors (Lipinski definition) is 2. The van der Waals surface area contributed by atoms with Crippen LogP contribution in [-0.2, 0) is 9.59 Å². The highest BCUT2D eigenvalue weighted by atomic mass is 16.5. The van der Waals surface area contributed by atoms with Crippen molar-refractivity contribution in [2.24, 2.45) is 0 Å². The molecule has 1 aliphatic rings. The van der Waals surface area contributed by atoms with Crippen LogP contribution in [0.25, 0.3) is 0 Å². The van der Waals surface area contributed by atoms with Gasteiger partial charge in [0.05, 0.1) is 12.3 Å². The second-order valence-corrected chi connectivity index (χ2v) is 5.37. The molecular weight excluding hydrogens is 288 g/mol. The topological polar surface area (TPSA) is 100.0 Å². The minimum atomic E-state index is -1.11. The number of carboxylic acids is 2. The molecule has 0 amide bonds. The highest BCUT2D eigenvalue weighted by Gasteiger charge is 2.17. The van der Waals surface area contributed by atoms with Gasteiger partial charge in [0.1, 0.15) is 24.7 Å². The summed E-state index contributed by atoms with van der Waals surface area (Å²) in [7, 11) is 0. The van der Waals surface area contributed by atoms with Crippen molar-refractivity contribution in [1.82, 2.24) is 4.98 Å². The predicted molar refractivity (Wildman–Crippen MR) is 79.2 cm³/mol. The van der Waals surface area contributed by atoms with Crippen molar-refractivity contribution in [3.05, 3.63) is 18.3 Å². The molecule has 1 aromatic heterocycles. The Morgan fingerprint density at radius 2 is 1.77 bits per heavy atom. The molecule has 0 atom stereocenters. The molecule has 2 N–H and O–H groups in total. The van der Waals surface area contributed by atoms with Gasteiger partial charge in [-0.15, -0.1) is 0 Å². The Balaban J connectivity index is 2.01. The molecule has 22 heavy (non-hydrogen) atoms. The zero-order chi connectivity index (χ0) is 15.9. The zero-order valence-electron chi connectivity index (χ0n) is 12.3. The fourth-order valence-electron chi connectivity index (χ4n) is 2.55. The van der Waals surface area contributed by atoms with Gasteiger partial charge in [0.15, 0.2) is 0 Å². The van der Waals surface area contributed by atoms with E-state index in [1.54, 1.807) is 12.1 Å². The molecule has 0 aromatic carbocycles. The summed E-state index contributed by atoms with van der Waals surface area (Å²) >= 11 is 0. The lowest BCUT2D eigenvalue weighted by Crippen LogP contribution is -2.35. The van der Waals surface area contributed by atoms with E-state index in [9.17, 15) is 9.59 Å². The summed E-state index contributed by atoms with van der Waals surface area (Å²) in [4.78, 5) is 26.9. The van der Waals surface area contributed by atoms with Crippen LogP contribution in [0.4, 0.5) is 5.82 Å². The van der Waals surface area contributed by atoms with Gasteiger partial charge in [0.25, 0.3) is 0 Å². The molecule has 1 heterocycles. The predicted octanol–water partition coefficient (Wildman–Crippen LogP) is 1.77. The number of aromatic nitrogens is 1. The van der Waals surface area contributed by atoms with Gasteiger partial charge in [-0.1, -0.05) is 6.42 Å². The third kappa shape index (κ3) is 4.91. The molecule has 1 aromatic rings. The number of ether oxygens (including phenoxy) is 1. The van der Waals surface area contributed by atoms with Crippen LogP contribution < -0.4 is 9.64 Å². The van der Waals surface area contributed by atoms with Gasteiger partial charge in [0, 0.05) is 0 Å². The molecule has 7 nitrogen and oxygen atoms in total. The summed E-state index contributed by atoms with van der Waals surface area (Å²) < 4.78 is 5.84. The molecular formula is C15H20N2O5. The number of pyridine rings is 1. The molecule has 0 aliphatic heterocycles. The molecule has 0 spiro atoms. The summed E-state index contributed by atoms with van der Waals surface area (Å²) in [5.41, 5.74) is 0. The Labute approximate surface area is 128 Å². The lowest BCUT2D eigenvalue weighted by molar-refractivity contribution is -0.136. The highest BCUT2D eigenvalue weighted by Crippen LogP contribution is 2.24. The molecule has 0 unspecified atom stereocenters. The van der Waals surface area contributed by atoms with Gasteiger partial charge in [-0.05, 0) is 37.8 Å². The summed E-state index contributed by atoms with van der Waals surface area (Å²) in [6.45, 7) is -0.829. The van der Waals surface area contributed by atoms with Gasteiger partial charge in [-0.2, -0.15) is 0 Å². The van der Waals surface area contributed by atoms with Crippen LogP contribution in [0.1, 0.15) is 32.1 Å². The fourth-order valence-corrected chi connectivity index (χ4v) is 2.55. The number of aliphatic carboxylic acids is 2. The van der Waals surface area contributed by atoms with E-state index in [0.717, 1.165) is 12.8 Å². The second-order valence-electron chi connectivity index (χ2n) is 5.37. The van der Waals surface area contributed by atoms with Crippen molar-refractivity contribution in [1.29, 1.82) is 0 Å². The van der Waals surface area contributed by atoms with Crippen molar-refractivity contribution in [2.45, 2.75) is 38.2 Å². The number of nitrogens with zero attached hydrogens (tertiary/aromatic N) is 2. The first-order valence-electron chi connectivity index (χ1n) is 7.36. The summed E-state index contributed by atoms with van der Waals surface area (Å²) in [5.74, 6) is -1.28. The van der Waals surface area contributed by atoms with E-state index < -0.39 is 25.0 Å². The molecule has 2 rings (SSSR count). The smallest absolute Gasteiger partial charge is 0.323 e. The van der Waals surface area contributed by atoms with Crippen molar-refractivity contribution in [2.75, 3.05) is 18.0 Å². The average molecular weight is 308 g/mol. The molecule has 1 fully saturated rings. The summed E-state index contributed by atoms with van der Waals surface area (Å²) in [6, 6.07) is 3.29. The standard InChI is InChI=1S/C15H20N2O5/c18-14(19)9-17(10-15(20)21)13-7-6-12(8-16-13)22-11-4-2-1-3-5-11/h6-8,11H,1-5,9-10H2,(H,18,19)(H,20,21). The third-order valence-electron chi connectivity index (χ3n) is 3.55. The summed E-state index contributed by atoms with van der Waals surface area (Å²) in [6.07, 6.45) is 7.37. The van der Waals surface area contributed by atoms with Crippen LogP contribution in [0.5, 0.6) is 5.75 Å². The molecule has 0 saturated heterocycles. The third-order valence-corrected chi connectivity index (χ3v) is 3.55. The molecule has 0 radical (unpaired) electrons. The Morgan fingerprint density at radius 3 is 2.27 bits per heavy atom. The van der Waals surface area contributed by atoms with Crippen molar-refractivity contribution in [3.63, 3.8) is 0 Å². The lowest BCUT2D eigenvalue weighted by atomic mass is 9.98.